The van der Waals surface area contributed by atoms with Crippen molar-refractivity contribution in [3.8, 4) is 0 Å². The largest absolute Gasteiger partial charge is 0.319 e. The first-order chi connectivity index (χ1) is 8.13. The molecule has 0 amide bonds. The summed E-state index contributed by atoms with van der Waals surface area (Å²) in [5.74, 6) is 1.65. The quantitative estimate of drug-likeness (QED) is 0.926. The second kappa shape index (κ2) is 5.53. The van der Waals surface area contributed by atoms with Crippen LogP contribution >= 0.6 is 15.9 Å². The molecule has 0 radical (unpaired) electrons. The fourth-order valence-corrected chi connectivity index (χ4v) is 3.56. The molecular formula is C13H22BrN3. The van der Waals surface area contributed by atoms with Crippen LogP contribution in [-0.4, -0.2) is 23.4 Å². The molecule has 2 atom stereocenters. The zero-order valence-electron chi connectivity index (χ0n) is 11.0. The average Bonchev–Trinajstić information content (AvgIpc) is 2.81. The van der Waals surface area contributed by atoms with E-state index in [1.165, 1.54) is 29.4 Å². The summed E-state index contributed by atoms with van der Waals surface area (Å²) in [7, 11) is 4.11. The van der Waals surface area contributed by atoms with E-state index >= 15 is 0 Å². The normalized spacial score (nSPS) is 24.5. The van der Waals surface area contributed by atoms with E-state index in [2.05, 4.69) is 47.4 Å². The number of aromatic nitrogens is 2. The Hall–Kier alpha value is -0.350. The predicted octanol–water partition coefficient (Wildman–Crippen LogP) is 2.67. The Balaban J connectivity index is 2.09. The van der Waals surface area contributed by atoms with E-state index in [4.69, 9.17) is 0 Å². The molecule has 0 spiro atoms. The smallest absolute Gasteiger partial charge is 0.0738 e. The van der Waals surface area contributed by atoms with Crippen molar-refractivity contribution in [2.24, 2.45) is 18.9 Å². The average molecular weight is 300 g/mol. The molecule has 1 N–H and O–H groups in total. The zero-order chi connectivity index (χ0) is 12.4. The van der Waals surface area contributed by atoms with Crippen molar-refractivity contribution in [3.05, 3.63) is 15.9 Å². The van der Waals surface area contributed by atoms with Crippen molar-refractivity contribution in [1.29, 1.82) is 0 Å². The Morgan fingerprint density at radius 1 is 1.41 bits per heavy atom. The van der Waals surface area contributed by atoms with Crippen LogP contribution in [0.25, 0.3) is 0 Å². The predicted molar refractivity (Wildman–Crippen MR) is 74.1 cm³/mol. The molecule has 0 saturated heterocycles. The summed E-state index contributed by atoms with van der Waals surface area (Å²) in [5, 5.41) is 7.80. The monoisotopic (exact) mass is 299 g/mol. The first kappa shape index (κ1) is 13.1. The highest BCUT2D eigenvalue weighted by atomic mass is 79.9. The van der Waals surface area contributed by atoms with Crippen molar-refractivity contribution in [3.63, 3.8) is 0 Å². The zero-order valence-corrected chi connectivity index (χ0v) is 12.5. The molecular weight excluding hydrogens is 278 g/mol. The molecule has 1 aliphatic carbocycles. The molecule has 1 fully saturated rings. The highest BCUT2D eigenvalue weighted by Crippen LogP contribution is 2.35. The van der Waals surface area contributed by atoms with Gasteiger partial charge >= 0.3 is 0 Å². The number of nitrogens with zero attached hydrogens (tertiary/aromatic N) is 2. The third-order valence-electron chi connectivity index (χ3n) is 4.00. The SMILES string of the molecule is CNCC1CCCC1Cc1c(Br)c(C)nn1C. The van der Waals surface area contributed by atoms with E-state index in [-0.39, 0.29) is 0 Å². The van der Waals surface area contributed by atoms with Gasteiger partial charge in [0.2, 0.25) is 0 Å². The van der Waals surface area contributed by atoms with E-state index in [0.29, 0.717) is 0 Å². The van der Waals surface area contributed by atoms with Gasteiger partial charge in [-0.2, -0.15) is 5.10 Å². The van der Waals surface area contributed by atoms with Crippen LogP contribution in [-0.2, 0) is 13.5 Å². The molecule has 2 unspecified atom stereocenters. The van der Waals surface area contributed by atoms with Crippen LogP contribution in [0, 0.1) is 18.8 Å². The lowest BCUT2D eigenvalue weighted by atomic mass is 9.91. The van der Waals surface area contributed by atoms with Gasteiger partial charge in [0.25, 0.3) is 0 Å². The molecule has 4 heteroatoms. The molecule has 1 aliphatic rings. The Morgan fingerprint density at radius 2 is 2.12 bits per heavy atom. The van der Waals surface area contributed by atoms with E-state index in [1.54, 1.807) is 0 Å². The lowest BCUT2D eigenvalue weighted by Gasteiger charge is -2.19. The van der Waals surface area contributed by atoms with Gasteiger partial charge < -0.3 is 5.32 Å². The van der Waals surface area contributed by atoms with Gasteiger partial charge in [-0.15, -0.1) is 0 Å². The molecule has 2 rings (SSSR count). The number of aryl methyl sites for hydroxylation is 2. The van der Waals surface area contributed by atoms with Crippen molar-refractivity contribution in [1.82, 2.24) is 15.1 Å². The topological polar surface area (TPSA) is 29.9 Å². The third kappa shape index (κ3) is 2.74. The van der Waals surface area contributed by atoms with Crippen LogP contribution in [0.5, 0.6) is 0 Å². The summed E-state index contributed by atoms with van der Waals surface area (Å²) in [6, 6.07) is 0. The highest BCUT2D eigenvalue weighted by Gasteiger charge is 2.28. The van der Waals surface area contributed by atoms with Crippen LogP contribution in [0.15, 0.2) is 4.47 Å². The van der Waals surface area contributed by atoms with Crippen LogP contribution in [0.1, 0.15) is 30.7 Å². The maximum absolute atomic E-state index is 4.48. The molecule has 0 aliphatic heterocycles. The van der Waals surface area contributed by atoms with Gasteiger partial charge in [-0.05, 0) is 67.5 Å². The standard InChI is InChI=1S/C13H22BrN3/c1-9-13(14)12(17(3)16-9)7-10-5-4-6-11(10)8-15-2/h10-11,15H,4-8H2,1-3H3. The van der Waals surface area contributed by atoms with E-state index in [9.17, 15) is 0 Å². The van der Waals surface area contributed by atoms with Gasteiger partial charge in [0.05, 0.1) is 15.9 Å². The fourth-order valence-electron chi connectivity index (χ4n) is 3.06. The van der Waals surface area contributed by atoms with Crippen LogP contribution in [0.4, 0.5) is 0 Å². The summed E-state index contributed by atoms with van der Waals surface area (Å²) in [5.41, 5.74) is 2.46. The van der Waals surface area contributed by atoms with Crippen LogP contribution < -0.4 is 5.32 Å². The number of nitrogens with one attached hydrogen (secondary N) is 1. The van der Waals surface area contributed by atoms with Gasteiger partial charge in [0, 0.05) is 7.05 Å². The number of halogens is 1. The number of rotatable bonds is 4. The second-order valence-electron chi connectivity index (χ2n) is 5.18. The van der Waals surface area contributed by atoms with Crippen molar-refractivity contribution >= 4 is 15.9 Å². The molecule has 1 aromatic rings. The molecule has 1 heterocycles. The van der Waals surface area contributed by atoms with Crippen molar-refractivity contribution in [2.75, 3.05) is 13.6 Å². The highest BCUT2D eigenvalue weighted by molar-refractivity contribution is 9.10. The molecule has 0 aromatic carbocycles. The van der Waals surface area contributed by atoms with Gasteiger partial charge in [-0.25, -0.2) is 0 Å². The van der Waals surface area contributed by atoms with Gasteiger partial charge in [-0.3, -0.25) is 4.68 Å². The lowest BCUT2D eigenvalue weighted by Crippen LogP contribution is -2.23. The Kier molecular flexibility index (Phi) is 4.26. The second-order valence-corrected chi connectivity index (χ2v) is 5.98. The summed E-state index contributed by atoms with van der Waals surface area (Å²) in [4.78, 5) is 0. The summed E-state index contributed by atoms with van der Waals surface area (Å²) >= 11 is 3.67. The van der Waals surface area contributed by atoms with Crippen molar-refractivity contribution < 1.29 is 0 Å². The summed E-state index contributed by atoms with van der Waals surface area (Å²) in [6.07, 6.45) is 5.28. The lowest BCUT2D eigenvalue weighted by molar-refractivity contribution is 0.367. The molecule has 3 nitrogen and oxygen atoms in total. The Morgan fingerprint density at radius 3 is 2.71 bits per heavy atom. The first-order valence-electron chi connectivity index (χ1n) is 6.46. The molecule has 0 bridgehead atoms. The molecule has 96 valence electrons. The maximum atomic E-state index is 4.48. The van der Waals surface area contributed by atoms with Gasteiger partial charge in [-0.1, -0.05) is 6.42 Å². The molecule has 1 aromatic heterocycles. The minimum Gasteiger partial charge on any atom is -0.319 e. The Labute approximate surface area is 112 Å². The first-order valence-corrected chi connectivity index (χ1v) is 7.25. The van der Waals surface area contributed by atoms with Crippen molar-refractivity contribution in [2.45, 2.75) is 32.6 Å². The van der Waals surface area contributed by atoms with E-state index in [0.717, 1.165) is 30.5 Å². The van der Waals surface area contributed by atoms with Gasteiger partial charge in [0.15, 0.2) is 0 Å². The minimum atomic E-state index is 0.813. The number of hydrogen-bond acceptors (Lipinski definition) is 2. The van der Waals surface area contributed by atoms with E-state index < -0.39 is 0 Å². The minimum absolute atomic E-state index is 0.813. The van der Waals surface area contributed by atoms with E-state index in [1.807, 2.05) is 4.68 Å². The number of hydrogen-bond donors (Lipinski definition) is 1. The Bertz CT molecular complexity index is 386. The van der Waals surface area contributed by atoms with Crippen LogP contribution in [0.3, 0.4) is 0 Å². The summed E-state index contributed by atoms with van der Waals surface area (Å²) in [6.45, 7) is 3.21. The summed E-state index contributed by atoms with van der Waals surface area (Å²) < 4.78 is 3.24. The van der Waals surface area contributed by atoms with Crippen LogP contribution in [0.2, 0.25) is 0 Å². The molecule has 17 heavy (non-hydrogen) atoms. The third-order valence-corrected chi connectivity index (χ3v) is 5.03. The maximum Gasteiger partial charge on any atom is 0.0738 e. The van der Waals surface area contributed by atoms with Gasteiger partial charge in [0.1, 0.15) is 0 Å². The fraction of sp³-hybridized carbons (Fsp3) is 0.769. The molecule has 1 saturated carbocycles.